The zero-order valence-electron chi connectivity index (χ0n) is 10.6. The first-order valence-electron chi connectivity index (χ1n) is 6.23. The van der Waals surface area contributed by atoms with Gasteiger partial charge in [0.1, 0.15) is 5.82 Å². The van der Waals surface area contributed by atoms with Crippen LogP contribution in [-0.2, 0) is 6.54 Å². The summed E-state index contributed by atoms with van der Waals surface area (Å²) in [5.74, 6) is -0.227. The van der Waals surface area contributed by atoms with Crippen LogP contribution in [0, 0.1) is 5.82 Å². The molecule has 0 saturated carbocycles. The lowest BCUT2D eigenvalue weighted by atomic mass is 10.1. The Morgan fingerprint density at radius 1 is 1.05 bits per heavy atom. The Labute approximate surface area is 125 Å². The van der Waals surface area contributed by atoms with Crippen molar-refractivity contribution in [2.75, 3.05) is 0 Å². The summed E-state index contributed by atoms with van der Waals surface area (Å²) in [5.41, 5.74) is 3.13. The summed E-state index contributed by atoms with van der Waals surface area (Å²) < 4.78 is 15.8. The Hall–Kier alpha value is -1.94. The van der Waals surface area contributed by atoms with Crippen molar-refractivity contribution in [2.24, 2.45) is 0 Å². The fraction of sp³-hybridized carbons (Fsp3) is 0.0625. The van der Waals surface area contributed by atoms with E-state index in [9.17, 15) is 4.39 Å². The summed E-state index contributed by atoms with van der Waals surface area (Å²) >= 11 is 3.46. The van der Waals surface area contributed by atoms with E-state index >= 15 is 0 Å². The largest absolute Gasteiger partial charge is 0.268 e. The summed E-state index contributed by atoms with van der Waals surface area (Å²) in [6.45, 7) is 0.709. The number of aromatic nitrogens is 2. The lowest BCUT2D eigenvalue weighted by Crippen LogP contribution is -1.99. The van der Waals surface area contributed by atoms with Gasteiger partial charge in [-0.1, -0.05) is 40.2 Å². The summed E-state index contributed by atoms with van der Waals surface area (Å²) in [4.78, 5) is 0. The highest BCUT2D eigenvalue weighted by Gasteiger charge is 2.03. The van der Waals surface area contributed by atoms with Gasteiger partial charge in [0.2, 0.25) is 0 Å². The van der Waals surface area contributed by atoms with Gasteiger partial charge in [0.15, 0.2) is 0 Å². The fourth-order valence-corrected chi connectivity index (χ4v) is 2.51. The van der Waals surface area contributed by atoms with Gasteiger partial charge in [0.05, 0.1) is 12.7 Å². The molecule has 4 heteroatoms. The number of nitrogens with zero attached hydrogens (tertiary/aromatic N) is 2. The van der Waals surface area contributed by atoms with E-state index in [4.69, 9.17) is 0 Å². The zero-order valence-corrected chi connectivity index (χ0v) is 12.2. The third-order valence-corrected chi connectivity index (χ3v) is 3.54. The van der Waals surface area contributed by atoms with Gasteiger partial charge in [0.25, 0.3) is 0 Å². The van der Waals surface area contributed by atoms with Crippen LogP contribution < -0.4 is 0 Å². The number of hydrogen-bond acceptors (Lipinski definition) is 1. The minimum absolute atomic E-state index is 0.227. The summed E-state index contributed by atoms with van der Waals surface area (Å²) in [7, 11) is 0. The molecule has 1 aromatic heterocycles. The van der Waals surface area contributed by atoms with Crippen molar-refractivity contribution < 1.29 is 4.39 Å². The van der Waals surface area contributed by atoms with Crippen LogP contribution in [0.25, 0.3) is 11.1 Å². The van der Waals surface area contributed by atoms with E-state index < -0.39 is 0 Å². The van der Waals surface area contributed by atoms with E-state index in [1.54, 1.807) is 18.3 Å². The second kappa shape index (κ2) is 5.59. The van der Waals surface area contributed by atoms with E-state index in [0.717, 1.165) is 15.6 Å². The van der Waals surface area contributed by atoms with Crippen LogP contribution in [0.3, 0.4) is 0 Å². The minimum atomic E-state index is -0.227. The summed E-state index contributed by atoms with van der Waals surface area (Å²) in [5, 5.41) is 4.35. The smallest absolute Gasteiger partial charge is 0.123 e. The van der Waals surface area contributed by atoms with Crippen molar-refractivity contribution in [1.82, 2.24) is 9.78 Å². The highest BCUT2D eigenvalue weighted by molar-refractivity contribution is 9.10. The predicted octanol–water partition coefficient (Wildman–Crippen LogP) is 4.50. The molecule has 0 spiro atoms. The Kier molecular flexibility index (Phi) is 3.65. The molecule has 2 aromatic carbocycles. The van der Waals surface area contributed by atoms with Gasteiger partial charge in [-0.15, -0.1) is 0 Å². The van der Waals surface area contributed by atoms with E-state index in [1.807, 2.05) is 23.0 Å². The van der Waals surface area contributed by atoms with Crippen LogP contribution in [0.5, 0.6) is 0 Å². The topological polar surface area (TPSA) is 17.8 Å². The number of halogens is 2. The van der Waals surface area contributed by atoms with Crippen LogP contribution in [0.1, 0.15) is 5.56 Å². The van der Waals surface area contributed by atoms with Gasteiger partial charge in [-0.3, -0.25) is 4.68 Å². The minimum Gasteiger partial charge on any atom is -0.268 e. The lowest BCUT2D eigenvalue weighted by Gasteiger charge is -2.02. The molecule has 3 rings (SSSR count). The first-order valence-corrected chi connectivity index (χ1v) is 7.03. The number of hydrogen-bond donors (Lipinski definition) is 0. The Bertz CT molecular complexity index is 719. The molecule has 0 fully saturated rings. The van der Waals surface area contributed by atoms with Crippen molar-refractivity contribution in [3.05, 3.63) is 76.8 Å². The van der Waals surface area contributed by atoms with Crippen molar-refractivity contribution in [1.29, 1.82) is 0 Å². The predicted molar refractivity (Wildman–Crippen MR) is 80.9 cm³/mol. The van der Waals surface area contributed by atoms with E-state index in [1.165, 1.54) is 17.7 Å². The lowest BCUT2D eigenvalue weighted by molar-refractivity contribution is 0.628. The van der Waals surface area contributed by atoms with E-state index in [2.05, 4.69) is 33.2 Å². The Morgan fingerprint density at radius 2 is 1.85 bits per heavy atom. The normalized spacial score (nSPS) is 10.7. The van der Waals surface area contributed by atoms with Gasteiger partial charge in [-0.2, -0.15) is 5.10 Å². The van der Waals surface area contributed by atoms with Crippen molar-refractivity contribution >= 4 is 15.9 Å². The van der Waals surface area contributed by atoms with Gasteiger partial charge in [0, 0.05) is 16.2 Å². The Morgan fingerprint density at radius 3 is 2.60 bits per heavy atom. The standard InChI is InChI=1S/C16H12BrFN2/c17-15-3-1-2-12(8-15)10-20-11-14(9-19-20)13-4-6-16(18)7-5-13/h1-9,11H,10H2. The quantitative estimate of drug-likeness (QED) is 0.691. The molecule has 20 heavy (non-hydrogen) atoms. The van der Waals surface area contributed by atoms with Crippen molar-refractivity contribution in [2.45, 2.75) is 6.54 Å². The monoisotopic (exact) mass is 330 g/mol. The number of rotatable bonds is 3. The molecule has 3 aromatic rings. The van der Waals surface area contributed by atoms with Crippen LogP contribution in [0.4, 0.5) is 4.39 Å². The summed E-state index contributed by atoms with van der Waals surface area (Å²) in [6, 6.07) is 14.6. The van der Waals surface area contributed by atoms with Gasteiger partial charge < -0.3 is 0 Å². The van der Waals surface area contributed by atoms with Crippen molar-refractivity contribution in [3.8, 4) is 11.1 Å². The molecule has 0 bridgehead atoms. The Balaban J connectivity index is 1.82. The average molecular weight is 331 g/mol. The maximum Gasteiger partial charge on any atom is 0.123 e. The second-order valence-electron chi connectivity index (χ2n) is 4.56. The highest BCUT2D eigenvalue weighted by atomic mass is 79.9. The first kappa shape index (κ1) is 13.1. The summed E-state index contributed by atoms with van der Waals surface area (Å²) in [6.07, 6.45) is 3.76. The molecular weight excluding hydrogens is 319 g/mol. The maximum atomic E-state index is 12.9. The molecular formula is C16H12BrFN2. The number of benzene rings is 2. The van der Waals surface area contributed by atoms with Crippen LogP contribution in [0.2, 0.25) is 0 Å². The molecule has 0 unspecified atom stereocenters. The molecule has 0 atom stereocenters. The molecule has 0 saturated heterocycles. The molecule has 0 radical (unpaired) electrons. The maximum absolute atomic E-state index is 12.9. The SMILES string of the molecule is Fc1ccc(-c2cnn(Cc3cccc(Br)c3)c2)cc1. The molecule has 0 amide bonds. The molecule has 100 valence electrons. The molecule has 1 heterocycles. The molecule has 0 aliphatic carbocycles. The van der Waals surface area contributed by atoms with E-state index in [0.29, 0.717) is 6.54 Å². The average Bonchev–Trinajstić information content (AvgIpc) is 2.88. The van der Waals surface area contributed by atoms with Gasteiger partial charge in [-0.05, 0) is 35.4 Å². The third-order valence-electron chi connectivity index (χ3n) is 3.04. The van der Waals surface area contributed by atoms with E-state index in [-0.39, 0.29) is 5.82 Å². The van der Waals surface area contributed by atoms with Crippen LogP contribution >= 0.6 is 15.9 Å². The van der Waals surface area contributed by atoms with Crippen LogP contribution in [0.15, 0.2) is 65.4 Å². The fourth-order valence-electron chi connectivity index (χ4n) is 2.06. The van der Waals surface area contributed by atoms with Crippen LogP contribution in [-0.4, -0.2) is 9.78 Å². The molecule has 0 aliphatic rings. The second-order valence-corrected chi connectivity index (χ2v) is 5.48. The zero-order chi connectivity index (χ0) is 13.9. The molecule has 0 aliphatic heterocycles. The van der Waals surface area contributed by atoms with Gasteiger partial charge in [-0.25, -0.2) is 4.39 Å². The first-order chi connectivity index (χ1) is 9.70. The van der Waals surface area contributed by atoms with Crippen molar-refractivity contribution in [3.63, 3.8) is 0 Å². The van der Waals surface area contributed by atoms with Gasteiger partial charge >= 0.3 is 0 Å². The highest BCUT2D eigenvalue weighted by Crippen LogP contribution is 2.19. The third kappa shape index (κ3) is 2.96. The molecule has 2 nitrogen and oxygen atoms in total. The molecule has 0 N–H and O–H groups in total.